The fourth-order valence-corrected chi connectivity index (χ4v) is 2.54. The van der Waals surface area contributed by atoms with Gasteiger partial charge in [0.05, 0.1) is 29.1 Å². The highest BCUT2D eigenvalue weighted by Crippen LogP contribution is 2.29. The van der Waals surface area contributed by atoms with Crippen molar-refractivity contribution >= 4 is 17.4 Å². The van der Waals surface area contributed by atoms with Gasteiger partial charge in [0.25, 0.3) is 5.69 Å². The Kier molecular flexibility index (Phi) is 4.88. The molecular weight excluding hydrogens is 292 g/mol. The van der Waals surface area contributed by atoms with Gasteiger partial charge in [0.1, 0.15) is 11.9 Å². The van der Waals surface area contributed by atoms with Crippen LogP contribution in [0, 0.1) is 16.0 Å². The van der Waals surface area contributed by atoms with E-state index in [-0.39, 0.29) is 23.8 Å². The summed E-state index contributed by atoms with van der Waals surface area (Å²) < 4.78 is 0. The standard InChI is InChI=1S/C13H18N4O5/c1-2-14-13(20)8-6-9(12(19)11(8)18)16-10-5-7(17(21)22)3-4-15-10/h3-5,8-9,11-12,18-19H,2,6H2,1H3,(H,14,20)(H,15,16)/t8-,9+,11+,12-/m1/s1. The third-order valence-corrected chi connectivity index (χ3v) is 3.66. The van der Waals surface area contributed by atoms with E-state index in [1.54, 1.807) is 6.92 Å². The Labute approximate surface area is 126 Å². The smallest absolute Gasteiger partial charge is 0.274 e. The summed E-state index contributed by atoms with van der Waals surface area (Å²) in [6.07, 6.45) is -0.866. The van der Waals surface area contributed by atoms with E-state index in [9.17, 15) is 25.1 Å². The molecule has 0 aromatic carbocycles. The molecule has 0 spiro atoms. The Balaban J connectivity index is 2.08. The van der Waals surface area contributed by atoms with Gasteiger partial charge in [0.15, 0.2) is 0 Å². The quantitative estimate of drug-likeness (QED) is 0.430. The van der Waals surface area contributed by atoms with E-state index in [4.69, 9.17) is 0 Å². The van der Waals surface area contributed by atoms with Crippen molar-refractivity contribution in [3.8, 4) is 0 Å². The van der Waals surface area contributed by atoms with Gasteiger partial charge in [-0.15, -0.1) is 0 Å². The third-order valence-electron chi connectivity index (χ3n) is 3.66. The van der Waals surface area contributed by atoms with Crippen LogP contribution in [0.1, 0.15) is 13.3 Å². The van der Waals surface area contributed by atoms with Crippen LogP contribution < -0.4 is 10.6 Å². The van der Waals surface area contributed by atoms with Crippen LogP contribution in [0.25, 0.3) is 0 Å². The number of hydrogen-bond acceptors (Lipinski definition) is 7. The fourth-order valence-electron chi connectivity index (χ4n) is 2.54. The molecule has 1 aromatic heterocycles. The van der Waals surface area contributed by atoms with Gasteiger partial charge in [-0.05, 0) is 13.3 Å². The Hall–Kier alpha value is -2.26. The van der Waals surface area contributed by atoms with E-state index in [1.165, 1.54) is 18.3 Å². The Morgan fingerprint density at radius 2 is 2.23 bits per heavy atom. The molecule has 4 atom stereocenters. The number of anilines is 1. The second-order valence-electron chi connectivity index (χ2n) is 5.13. The number of carbonyl (C=O) groups is 1. The highest BCUT2D eigenvalue weighted by atomic mass is 16.6. The molecule has 1 aliphatic rings. The maximum atomic E-state index is 11.8. The molecule has 1 aromatic rings. The van der Waals surface area contributed by atoms with Gasteiger partial charge >= 0.3 is 0 Å². The van der Waals surface area contributed by atoms with Crippen molar-refractivity contribution in [1.29, 1.82) is 0 Å². The molecule has 9 nitrogen and oxygen atoms in total. The summed E-state index contributed by atoms with van der Waals surface area (Å²) in [6, 6.07) is 1.87. The van der Waals surface area contributed by atoms with Crippen molar-refractivity contribution in [3.63, 3.8) is 0 Å². The number of rotatable bonds is 5. The predicted octanol–water partition coefficient (Wildman–Crippen LogP) is -0.352. The van der Waals surface area contributed by atoms with Gasteiger partial charge in [-0.2, -0.15) is 0 Å². The van der Waals surface area contributed by atoms with Crippen molar-refractivity contribution < 1.29 is 19.9 Å². The molecule has 0 bridgehead atoms. The molecule has 0 unspecified atom stereocenters. The summed E-state index contributed by atoms with van der Waals surface area (Å²) in [7, 11) is 0. The van der Waals surface area contributed by atoms with Gasteiger partial charge in [0.2, 0.25) is 5.91 Å². The van der Waals surface area contributed by atoms with Crippen LogP contribution in [-0.2, 0) is 4.79 Å². The Morgan fingerprint density at radius 3 is 2.86 bits per heavy atom. The zero-order chi connectivity index (χ0) is 16.3. The van der Waals surface area contributed by atoms with Crippen LogP contribution >= 0.6 is 0 Å². The minimum absolute atomic E-state index is 0.134. The number of carbonyl (C=O) groups excluding carboxylic acids is 1. The zero-order valence-electron chi connectivity index (χ0n) is 12.0. The molecule has 1 heterocycles. The first-order chi connectivity index (χ1) is 10.4. The Bertz CT molecular complexity index is 567. The van der Waals surface area contributed by atoms with E-state index in [0.29, 0.717) is 6.54 Å². The maximum Gasteiger partial charge on any atom is 0.274 e. The van der Waals surface area contributed by atoms with Gasteiger partial charge in [-0.3, -0.25) is 14.9 Å². The second kappa shape index (κ2) is 6.67. The first-order valence-corrected chi connectivity index (χ1v) is 6.94. The van der Waals surface area contributed by atoms with E-state index in [1.807, 2.05) is 0 Å². The highest BCUT2D eigenvalue weighted by Gasteiger charge is 2.45. The summed E-state index contributed by atoms with van der Waals surface area (Å²) in [4.78, 5) is 25.9. The highest BCUT2D eigenvalue weighted by molar-refractivity contribution is 5.80. The van der Waals surface area contributed by atoms with Crippen LogP contribution in [0.5, 0.6) is 0 Å². The van der Waals surface area contributed by atoms with Crippen LogP contribution in [0.4, 0.5) is 11.5 Å². The van der Waals surface area contributed by atoms with Crippen molar-refractivity contribution in [3.05, 3.63) is 28.4 Å². The molecule has 0 saturated heterocycles. The second-order valence-corrected chi connectivity index (χ2v) is 5.13. The lowest BCUT2D eigenvalue weighted by Gasteiger charge is -2.18. The summed E-state index contributed by atoms with van der Waals surface area (Å²) in [5, 5.41) is 36.2. The first-order valence-electron chi connectivity index (χ1n) is 6.94. The average molecular weight is 310 g/mol. The van der Waals surface area contributed by atoms with Gasteiger partial charge in [-0.25, -0.2) is 4.98 Å². The maximum absolute atomic E-state index is 11.8. The molecule has 1 fully saturated rings. The number of aliphatic hydroxyl groups is 2. The lowest BCUT2D eigenvalue weighted by molar-refractivity contribution is -0.384. The molecule has 9 heteroatoms. The van der Waals surface area contributed by atoms with Crippen LogP contribution in [0.15, 0.2) is 18.3 Å². The molecule has 22 heavy (non-hydrogen) atoms. The first kappa shape index (κ1) is 16.1. The molecule has 4 N–H and O–H groups in total. The summed E-state index contributed by atoms with van der Waals surface area (Å²) in [5.74, 6) is -0.849. The van der Waals surface area contributed by atoms with E-state index < -0.39 is 29.1 Å². The molecule has 1 aliphatic carbocycles. The number of nitro groups is 1. The number of hydrogen-bond donors (Lipinski definition) is 4. The van der Waals surface area contributed by atoms with Crippen molar-refractivity contribution in [2.75, 3.05) is 11.9 Å². The van der Waals surface area contributed by atoms with Gasteiger partial charge < -0.3 is 20.8 Å². The summed E-state index contributed by atoms with van der Waals surface area (Å²) in [5.41, 5.74) is -0.134. The molecule has 2 rings (SSSR count). The minimum atomic E-state index is -1.19. The van der Waals surface area contributed by atoms with Crippen LogP contribution in [-0.4, -0.2) is 50.8 Å². The summed E-state index contributed by atoms with van der Waals surface area (Å²) in [6.45, 7) is 2.20. The van der Waals surface area contributed by atoms with Crippen molar-refractivity contribution in [2.45, 2.75) is 31.6 Å². The topological polar surface area (TPSA) is 138 Å². The van der Waals surface area contributed by atoms with Crippen molar-refractivity contribution in [1.82, 2.24) is 10.3 Å². The number of aromatic nitrogens is 1. The normalized spacial score (nSPS) is 27.4. The van der Waals surface area contributed by atoms with Crippen molar-refractivity contribution in [2.24, 2.45) is 5.92 Å². The number of nitrogens with one attached hydrogen (secondary N) is 2. The molecular formula is C13H18N4O5. The molecule has 1 saturated carbocycles. The Morgan fingerprint density at radius 1 is 1.50 bits per heavy atom. The predicted molar refractivity (Wildman–Crippen MR) is 77.1 cm³/mol. The lowest BCUT2D eigenvalue weighted by Crippen LogP contribution is -2.39. The van der Waals surface area contributed by atoms with E-state index in [0.717, 1.165) is 0 Å². The largest absolute Gasteiger partial charge is 0.390 e. The minimum Gasteiger partial charge on any atom is -0.390 e. The van der Waals surface area contributed by atoms with E-state index in [2.05, 4.69) is 15.6 Å². The zero-order valence-corrected chi connectivity index (χ0v) is 12.0. The fraction of sp³-hybridized carbons (Fsp3) is 0.538. The SMILES string of the molecule is CCNC(=O)[C@@H]1C[C@H](Nc2cc([N+](=O)[O-])ccn2)[C@@H](O)[C@H]1O. The molecule has 0 aliphatic heterocycles. The number of pyridine rings is 1. The lowest BCUT2D eigenvalue weighted by atomic mass is 10.0. The third kappa shape index (κ3) is 3.31. The van der Waals surface area contributed by atoms with E-state index >= 15 is 0 Å². The van der Waals surface area contributed by atoms with Crippen LogP contribution in [0.2, 0.25) is 0 Å². The molecule has 120 valence electrons. The summed E-state index contributed by atoms with van der Waals surface area (Å²) >= 11 is 0. The van der Waals surface area contributed by atoms with Gasteiger partial charge in [0, 0.05) is 18.8 Å². The molecule has 1 amide bonds. The van der Waals surface area contributed by atoms with Crippen LogP contribution in [0.3, 0.4) is 0 Å². The number of nitrogens with zero attached hydrogens (tertiary/aromatic N) is 2. The number of aliphatic hydroxyl groups excluding tert-OH is 2. The number of amides is 1. The van der Waals surface area contributed by atoms with Gasteiger partial charge in [-0.1, -0.05) is 0 Å². The average Bonchev–Trinajstić information content (AvgIpc) is 2.76. The molecule has 0 radical (unpaired) electrons. The monoisotopic (exact) mass is 310 g/mol.